The Morgan fingerprint density at radius 1 is 0.514 bits per heavy atom. The van der Waals surface area contributed by atoms with Gasteiger partial charge in [0.15, 0.2) is 0 Å². The summed E-state index contributed by atoms with van der Waals surface area (Å²) in [5.41, 5.74) is 27.1. The molecule has 0 N–H and O–H groups in total. The van der Waals surface area contributed by atoms with Crippen LogP contribution in [0.1, 0.15) is 146 Å². The maximum Gasteiger partial charge on any atom is 0.252 e. The molecule has 4 heterocycles. The summed E-state index contributed by atoms with van der Waals surface area (Å²) in [4.78, 5) is 8.52. The number of nitrogens with zero attached hydrogens (tertiary/aromatic N) is 3. The number of hydrogen-bond acceptors (Lipinski definition) is 3. The van der Waals surface area contributed by atoms with Crippen LogP contribution in [0.2, 0.25) is 0 Å². The van der Waals surface area contributed by atoms with Crippen molar-refractivity contribution >= 4 is 62.9 Å². The Hall–Kier alpha value is -6.00. The van der Waals surface area contributed by atoms with E-state index in [0.29, 0.717) is 0 Å². The molecule has 3 nitrogen and oxygen atoms in total. The molecule has 6 aliphatic rings. The van der Waals surface area contributed by atoms with Gasteiger partial charge in [-0.15, -0.1) is 0 Å². The molecule has 4 atom stereocenters. The molecule has 13 rings (SSSR count). The third-order valence-corrected chi connectivity index (χ3v) is 19.6. The summed E-state index contributed by atoms with van der Waals surface area (Å²) >= 11 is 0. The van der Waals surface area contributed by atoms with Gasteiger partial charge in [-0.3, -0.25) is 0 Å². The molecule has 1 saturated carbocycles. The molecule has 0 amide bonds. The molecule has 0 aromatic heterocycles. The molecule has 0 spiro atoms. The van der Waals surface area contributed by atoms with Crippen molar-refractivity contribution in [3.05, 3.63) is 178 Å². The first-order chi connectivity index (χ1) is 33.3. The molecule has 0 radical (unpaired) electrons. The number of para-hydroxylation sites is 1. The zero-order valence-corrected chi connectivity index (χ0v) is 43.9. The van der Waals surface area contributed by atoms with E-state index in [-0.39, 0.29) is 39.5 Å². The van der Waals surface area contributed by atoms with Crippen molar-refractivity contribution in [2.24, 2.45) is 0 Å². The van der Waals surface area contributed by atoms with Crippen LogP contribution in [-0.4, -0.2) is 12.3 Å². The number of hydrogen-bond donors (Lipinski definition) is 0. The van der Waals surface area contributed by atoms with Crippen molar-refractivity contribution in [1.29, 1.82) is 0 Å². The molecule has 7 aromatic carbocycles. The van der Waals surface area contributed by atoms with E-state index in [1.165, 1.54) is 126 Å². The summed E-state index contributed by atoms with van der Waals surface area (Å²) < 4.78 is 0. The molecular weight excluding hydrogens is 846 g/mol. The minimum Gasteiger partial charge on any atom is -0.335 e. The smallest absolute Gasteiger partial charge is 0.252 e. The van der Waals surface area contributed by atoms with E-state index in [0.717, 1.165) is 19.3 Å². The third-order valence-electron chi connectivity index (χ3n) is 19.6. The quantitative estimate of drug-likeness (QED) is 0.164. The highest BCUT2D eigenvalue weighted by Gasteiger charge is 2.64. The van der Waals surface area contributed by atoms with E-state index in [1.54, 1.807) is 5.56 Å². The zero-order valence-electron chi connectivity index (χ0n) is 43.9. The molecule has 1 fully saturated rings. The molecule has 7 aromatic rings. The Balaban J connectivity index is 1.21. The Labute approximate surface area is 419 Å². The fraction of sp³-hybridized carbons (Fsp3) is 0.364. The van der Waals surface area contributed by atoms with E-state index >= 15 is 0 Å². The molecule has 4 unspecified atom stereocenters. The number of benzene rings is 7. The predicted molar refractivity (Wildman–Crippen MR) is 299 cm³/mol. The van der Waals surface area contributed by atoms with Gasteiger partial charge in [-0.1, -0.05) is 171 Å². The monoisotopic (exact) mass is 916 g/mol. The van der Waals surface area contributed by atoms with Gasteiger partial charge < -0.3 is 14.7 Å². The standard InChI is InChI=1S/C66H70BN3/c1-41-36-42(2)58-60-57(41)64(10)33-20-21-34-65(64,11)70(60)56-40-47(69-53-27-19-18-26-50(53)63(9)35-32-44-24-16-17-25-49(44)66(63,69)12)39-55-59(56)67(58)51-30-28-46(62(6,7)8)38-54(51)68(55)52-31-29-45(61(3,4)5)37-48(52)43-22-14-13-15-23-43/h13-19,22-31,36-40H,20-21,32-35H2,1-12H3. The second-order valence-electron chi connectivity index (χ2n) is 25.2. The van der Waals surface area contributed by atoms with Crippen LogP contribution in [0.4, 0.5) is 39.8 Å². The molecular formula is C66H70BN3. The summed E-state index contributed by atoms with van der Waals surface area (Å²) in [7, 11) is 0. The Bertz CT molecular complexity index is 3370. The van der Waals surface area contributed by atoms with Crippen molar-refractivity contribution < 1.29 is 0 Å². The van der Waals surface area contributed by atoms with Crippen LogP contribution in [-0.2, 0) is 33.6 Å². The van der Waals surface area contributed by atoms with Crippen molar-refractivity contribution in [2.45, 2.75) is 154 Å². The summed E-state index contributed by atoms with van der Waals surface area (Å²) in [6.45, 7) is 29.5. The molecule has 70 heavy (non-hydrogen) atoms. The first-order valence-electron chi connectivity index (χ1n) is 26.6. The Morgan fingerprint density at radius 2 is 1.17 bits per heavy atom. The van der Waals surface area contributed by atoms with E-state index in [1.807, 2.05) is 0 Å². The van der Waals surface area contributed by atoms with Gasteiger partial charge in [-0.2, -0.15) is 0 Å². The molecule has 2 aliphatic carbocycles. The van der Waals surface area contributed by atoms with Crippen LogP contribution in [0.25, 0.3) is 11.1 Å². The predicted octanol–water partition coefficient (Wildman–Crippen LogP) is 15.2. The van der Waals surface area contributed by atoms with Crippen molar-refractivity contribution in [1.82, 2.24) is 0 Å². The average Bonchev–Trinajstić information content (AvgIpc) is 3.69. The second-order valence-corrected chi connectivity index (χ2v) is 25.2. The highest BCUT2D eigenvalue weighted by Crippen LogP contribution is 2.66. The van der Waals surface area contributed by atoms with Gasteiger partial charge in [-0.05, 0) is 162 Å². The number of aryl methyl sites for hydroxylation is 3. The maximum absolute atomic E-state index is 2.96. The summed E-state index contributed by atoms with van der Waals surface area (Å²) in [5.74, 6) is 0. The van der Waals surface area contributed by atoms with Gasteiger partial charge in [0.2, 0.25) is 0 Å². The second kappa shape index (κ2) is 14.3. The van der Waals surface area contributed by atoms with E-state index in [2.05, 4.69) is 231 Å². The molecule has 4 aliphatic heterocycles. The fourth-order valence-electron chi connectivity index (χ4n) is 15.6. The molecule has 352 valence electrons. The average molecular weight is 916 g/mol. The number of fused-ring (bicyclic) bond motifs is 12. The summed E-state index contributed by atoms with van der Waals surface area (Å²) in [6.07, 6.45) is 7.06. The Kier molecular flexibility index (Phi) is 9.01. The summed E-state index contributed by atoms with van der Waals surface area (Å²) in [6, 6.07) is 52.9. The van der Waals surface area contributed by atoms with Crippen LogP contribution < -0.4 is 31.1 Å². The molecule has 4 heteroatoms. The zero-order chi connectivity index (χ0) is 48.7. The van der Waals surface area contributed by atoms with Crippen molar-refractivity contribution in [2.75, 3.05) is 14.7 Å². The largest absolute Gasteiger partial charge is 0.335 e. The topological polar surface area (TPSA) is 9.72 Å². The third kappa shape index (κ3) is 5.49. The fourth-order valence-corrected chi connectivity index (χ4v) is 15.6. The SMILES string of the molecule is Cc1cc(C)c2c3c1B1c4ccc(C(C)(C)C)cc4N(c4ccc(C(C)(C)C)cc4-c4ccccc4)c4cc(N5c6ccccc6C6(C)CCc7ccccc7C56C)cc(c41)N3C1(C)CCCCC21C. The first-order valence-corrected chi connectivity index (χ1v) is 26.6. The normalized spacial score (nSPS) is 24.6. The summed E-state index contributed by atoms with van der Waals surface area (Å²) in [5, 5.41) is 0. The lowest BCUT2D eigenvalue weighted by atomic mass is 9.32. The van der Waals surface area contributed by atoms with Gasteiger partial charge >= 0.3 is 0 Å². The van der Waals surface area contributed by atoms with Crippen LogP contribution in [0.15, 0.2) is 133 Å². The maximum atomic E-state index is 2.96. The van der Waals surface area contributed by atoms with Gasteiger partial charge in [0, 0.05) is 50.5 Å². The van der Waals surface area contributed by atoms with Gasteiger partial charge in [-0.25, -0.2) is 0 Å². The van der Waals surface area contributed by atoms with Crippen LogP contribution in [0, 0.1) is 13.8 Å². The lowest BCUT2D eigenvalue weighted by Gasteiger charge is -2.54. The molecule has 0 bridgehead atoms. The van der Waals surface area contributed by atoms with Gasteiger partial charge in [0.1, 0.15) is 0 Å². The highest BCUT2D eigenvalue weighted by atomic mass is 15.3. The van der Waals surface area contributed by atoms with Gasteiger partial charge in [0.25, 0.3) is 6.71 Å². The minimum absolute atomic E-state index is 0.00151. The Morgan fingerprint density at radius 3 is 1.93 bits per heavy atom. The van der Waals surface area contributed by atoms with E-state index in [9.17, 15) is 0 Å². The highest BCUT2D eigenvalue weighted by molar-refractivity contribution is 7.00. The first kappa shape index (κ1) is 44.0. The lowest BCUT2D eigenvalue weighted by molar-refractivity contribution is 0.194. The van der Waals surface area contributed by atoms with Gasteiger partial charge in [0.05, 0.1) is 16.8 Å². The van der Waals surface area contributed by atoms with E-state index in [4.69, 9.17) is 0 Å². The number of anilines is 7. The molecule has 0 saturated heterocycles. The minimum atomic E-state index is -0.342. The number of rotatable bonds is 3. The van der Waals surface area contributed by atoms with Crippen LogP contribution in [0.3, 0.4) is 0 Å². The van der Waals surface area contributed by atoms with Crippen molar-refractivity contribution in [3.8, 4) is 11.1 Å². The van der Waals surface area contributed by atoms with Crippen molar-refractivity contribution in [3.63, 3.8) is 0 Å². The van der Waals surface area contributed by atoms with Crippen LogP contribution in [0.5, 0.6) is 0 Å². The van der Waals surface area contributed by atoms with Crippen LogP contribution >= 0.6 is 0 Å². The van der Waals surface area contributed by atoms with E-state index < -0.39 is 0 Å². The lowest BCUT2D eigenvalue weighted by Crippen LogP contribution is -2.65.